The second-order valence-corrected chi connectivity index (χ2v) is 15.1. The Labute approximate surface area is 323 Å². The van der Waals surface area contributed by atoms with Crippen molar-refractivity contribution in [1.82, 2.24) is 40.4 Å². The van der Waals surface area contributed by atoms with Crippen molar-refractivity contribution in [3.8, 4) is 28.1 Å². The highest BCUT2D eigenvalue weighted by Crippen LogP contribution is 2.44. The number of benzene rings is 3. The van der Waals surface area contributed by atoms with Gasteiger partial charge in [0.05, 0.1) is 49.2 Å². The molecule has 292 valence electrons. The summed E-state index contributed by atoms with van der Waals surface area (Å²) in [5, 5.41) is 7.14. The molecule has 3 aromatic carbocycles. The summed E-state index contributed by atoms with van der Waals surface area (Å²) in [7, 11) is 2.55. The molecule has 2 fully saturated rings. The molecule has 0 radical (unpaired) electrons. The Bertz CT molecular complexity index is 2370. The van der Waals surface area contributed by atoms with E-state index >= 15 is 0 Å². The summed E-state index contributed by atoms with van der Waals surface area (Å²) in [6, 6.07) is 12.6. The Kier molecular flexibility index (Phi) is 9.54. The molecular weight excluding hydrogens is 716 g/mol. The fourth-order valence-corrected chi connectivity index (χ4v) is 8.57. The first kappa shape index (κ1) is 36.8. The van der Waals surface area contributed by atoms with Gasteiger partial charge in [-0.1, -0.05) is 18.2 Å². The van der Waals surface area contributed by atoms with Crippen LogP contribution in [-0.4, -0.2) is 92.1 Å². The highest BCUT2D eigenvalue weighted by Gasteiger charge is 2.40. The van der Waals surface area contributed by atoms with Gasteiger partial charge in [-0.2, -0.15) is 0 Å². The molecule has 6 unspecified atom stereocenters. The Morgan fingerprint density at radius 2 is 1.45 bits per heavy atom. The molecule has 2 saturated heterocycles. The lowest BCUT2D eigenvalue weighted by Crippen LogP contribution is -2.48. The van der Waals surface area contributed by atoms with Crippen molar-refractivity contribution in [1.29, 1.82) is 0 Å². The molecule has 5 heterocycles. The van der Waals surface area contributed by atoms with E-state index in [1.54, 1.807) is 20.0 Å². The molecule has 0 aliphatic carbocycles. The van der Waals surface area contributed by atoms with Crippen molar-refractivity contribution in [2.75, 3.05) is 14.2 Å². The second kappa shape index (κ2) is 14.5. The molecule has 4 amide bonds. The van der Waals surface area contributed by atoms with Gasteiger partial charge in [0, 0.05) is 23.0 Å². The summed E-state index contributed by atoms with van der Waals surface area (Å²) in [4.78, 5) is 70.9. The van der Waals surface area contributed by atoms with Crippen LogP contribution in [0.5, 0.6) is 5.75 Å². The average molecular weight is 763 g/mol. The monoisotopic (exact) mass is 762 g/mol. The zero-order valence-corrected chi connectivity index (χ0v) is 32.3. The molecule has 5 aromatic rings. The van der Waals surface area contributed by atoms with Crippen molar-refractivity contribution < 1.29 is 33.4 Å². The Hall–Kier alpha value is -6.12. The summed E-state index contributed by atoms with van der Waals surface area (Å²) in [5.41, 5.74) is 6.57. The number of imidazole rings is 2. The fraction of sp³-hybridized carbons (Fsp3) is 0.415. The van der Waals surface area contributed by atoms with Gasteiger partial charge in [-0.15, -0.1) is 0 Å². The van der Waals surface area contributed by atoms with Gasteiger partial charge >= 0.3 is 12.2 Å². The number of rotatable bonds is 7. The summed E-state index contributed by atoms with van der Waals surface area (Å²) >= 11 is 0. The summed E-state index contributed by atoms with van der Waals surface area (Å²) in [6.07, 6.45) is 3.66. The van der Waals surface area contributed by atoms with Crippen molar-refractivity contribution in [2.45, 2.75) is 96.2 Å². The van der Waals surface area contributed by atoms with Gasteiger partial charge in [0.25, 0.3) is 0 Å². The number of hydrogen-bond donors (Lipinski definition) is 4. The first-order valence-electron chi connectivity index (χ1n) is 19.1. The van der Waals surface area contributed by atoms with E-state index < -0.39 is 24.3 Å². The number of carbonyl (C=O) groups excluding carboxylic acids is 4. The number of methoxy groups -OCH3 is 2. The number of nitrogens with zero attached hydrogens (tertiary/aromatic N) is 4. The molecule has 3 aliphatic rings. The van der Waals surface area contributed by atoms with Crippen molar-refractivity contribution in [2.24, 2.45) is 0 Å². The number of hydrogen-bond acceptors (Lipinski definition) is 9. The van der Waals surface area contributed by atoms with Crippen LogP contribution < -0.4 is 15.4 Å². The molecule has 0 saturated carbocycles. The zero-order chi connectivity index (χ0) is 39.4. The number of H-pyrrole nitrogens is 2. The summed E-state index contributed by atoms with van der Waals surface area (Å²) in [6.45, 7) is 7.73. The van der Waals surface area contributed by atoms with Crippen LogP contribution in [0, 0.1) is 0 Å². The topological polar surface area (TPSA) is 184 Å². The lowest BCUT2D eigenvalue weighted by atomic mass is 9.92. The van der Waals surface area contributed by atoms with E-state index in [-0.39, 0.29) is 36.0 Å². The number of likely N-dealkylation sites (tertiary alicyclic amines) is 2. The van der Waals surface area contributed by atoms with Gasteiger partial charge in [0.2, 0.25) is 11.8 Å². The third kappa shape index (κ3) is 6.43. The maximum atomic E-state index is 13.5. The van der Waals surface area contributed by atoms with Gasteiger partial charge in [0.15, 0.2) is 0 Å². The van der Waals surface area contributed by atoms with Crippen LogP contribution in [-0.2, 0) is 25.7 Å². The van der Waals surface area contributed by atoms with Gasteiger partial charge < -0.3 is 44.6 Å². The van der Waals surface area contributed by atoms with Gasteiger partial charge in [-0.25, -0.2) is 19.6 Å². The van der Waals surface area contributed by atoms with Crippen LogP contribution in [0.25, 0.3) is 44.2 Å². The smallest absolute Gasteiger partial charge is 0.407 e. The Balaban J connectivity index is 1.04. The van der Waals surface area contributed by atoms with E-state index in [4.69, 9.17) is 19.4 Å². The number of aromatic nitrogens is 4. The summed E-state index contributed by atoms with van der Waals surface area (Å²) < 4.78 is 15.8. The van der Waals surface area contributed by atoms with E-state index in [2.05, 4.69) is 61.7 Å². The molecule has 0 spiro atoms. The highest BCUT2D eigenvalue weighted by atomic mass is 16.5. The molecule has 4 N–H and O–H groups in total. The highest BCUT2D eigenvalue weighted by molar-refractivity contribution is 6.07. The quantitative estimate of drug-likeness (QED) is 0.149. The maximum absolute atomic E-state index is 13.5. The number of amides is 4. The molecule has 56 heavy (non-hydrogen) atoms. The maximum Gasteiger partial charge on any atom is 0.407 e. The number of ether oxygens (including phenoxy) is 3. The number of nitrogens with one attached hydrogen (secondary N) is 4. The molecule has 8 rings (SSSR count). The second-order valence-electron chi connectivity index (χ2n) is 15.1. The first-order valence-corrected chi connectivity index (χ1v) is 19.1. The SMILES string of the molecule is COC(=O)NC(C)C(=O)N1C(C)CCC1c1ncc(-c2ccc3c(c2)COc2cc4c(ccc5[nH]c(C6CCC(C)N6C(=O)C(C)NC(=O)OC)nc54)cc2-3)[nH]1. The lowest BCUT2D eigenvalue weighted by molar-refractivity contribution is -0.136. The van der Waals surface area contributed by atoms with Crippen LogP contribution in [0.3, 0.4) is 0 Å². The van der Waals surface area contributed by atoms with E-state index in [0.29, 0.717) is 18.3 Å². The summed E-state index contributed by atoms with van der Waals surface area (Å²) in [5.74, 6) is 1.81. The Morgan fingerprint density at radius 3 is 2.09 bits per heavy atom. The third-order valence-corrected chi connectivity index (χ3v) is 11.5. The average Bonchev–Trinajstić information content (AvgIpc) is 4.02. The van der Waals surface area contributed by atoms with Crippen LogP contribution in [0.15, 0.2) is 48.7 Å². The van der Waals surface area contributed by atoms with E-state index in [0.717, 1.165) is 81.2 Å². The fourth-order valence-electron chi connectivity index (χ4n) is 8.57. The predicted octanol–water partition coefficient (Wildman–Crippen LogP) is 6.26. The number of alkyl carbamates (subject to hydrolysis) is 2. The zero-order valence-electron chi connectivity index (χ0n) is 32.3. The molecule has 15 heteroatoms. The predicted molar refractivity (Wildman–Crippen MR) is 208 cm³/mol. The molecule has 6 atom stereocenters. The first-order chi connectivity index (χ1) is 26.9. The van der Waals surface area contributed by atoms with E-state index in [1.165, 1.54) is 14.2 Å². The largest absolute Gasteiger partial charge is 0.488 e. The molecule has 2 aromatic heterocycles. The van der Waals surface area contributed by atoms with Crippen molar-refractivity contribution in [3.05, 3.63) is 65.9 Å². The minimum Gasteiger partial charge on any atom is -0.488 e. The normalized spacial score (nSPS) is 21.2. The van der Waals surface area contributed by atoms with Gasteiger partial charge in [0.1, 0.15) is 36.1 Å². The minimum atomic E-state index is -0.743. The van der Waals surface area contributed by atoms with Gasteiger partial charge in [-0.3, -0.25) is 9.59 Å². The van der Waals surface area contributed by atoms with Crippen LogP contribution >= 0.6 is 0 Å². The Morgan fingerprint density at radius 1 is 0.804 bits per heavy atom. The van der Waals surface area contributed by atoms with Crippen LogP contribution in [0.1, 0.15) is 82.7 Å². The van der Waals surface area contributed by atoms with Crippen LogP contribution in [0.4, 0.5) is 9.59 Å². The molecule has 15 nitrogen and oxygen atoms in total. The number of fused-ring (bicyclic) bond motifs is 6. The van der Waals surface area contributed by atoms with Crippen LogP contribution in [0.2, 0.25) is 0 Å². The molecule has 0 bridgehead atoms. The third-order valence-electron chi connectivity index (χ3n) is 11.5. The molecular formula is C41H46N8O7. The molecule has 3 aliphatic heterocycles. The number of carbonyl (C=O) groups is 4. The van der Waals surface area contributed by atoms with Crippen molar-refractivity contribution >= 4 is 45.8 Å². The van der Waals surface area contributed by atoms with E-state index in [9.17, 15) is 19.2 Å². The van der Waals surface area contributed by atoms with Crippen molar-refractivity contribution in [3.63, 3.8) is 0 Å². The van der Waals surface area contributed by atoms with E-state index in [1.807, 2.05) is 29.7 Å². The number of aromatic amines is 2. The standard InChI is InChI=1S/C41H46N8O7/c1-20-7-13-32(48(20)38(50)22(3)43-40(52)54-5)36-42-18-31(46-36)25-9-11-27-26(15-25)19-56-34-17-28-24(16-29(27)34)10-12-30-35(28)47-37(45-30)33-14-8-21(2)49(33)39(51)23(4)44-41(53)55-6/h9-12,15-18,20-23,32-33H,7-8,13-14,19H2,1-6H3,(H,42,46)(H,43,52)(H,44,53)(H,45,47). The van der Waals surface area contributed by atoms with Gasteiger partial charge in [-0.05, 0) is 99.7 Å². The lowest BCUT2D eigenvalue weighted by Gasteiger charge is -2.30. The minimum absolute atomic E-state index is 0.00426.